The lowest BCUT2D eigenvalue weighted by atomic mass is 10.1. The van der Waals surface area contributed by atoms with Crippen LogP contribution in [0, 0.1) is 0 Å². The molecule has 0 radical (unpaired) electrons. The van der Waals surface area contributed by atoms with Crippen LogP contribution in [0.4, 0.5) is 6.01 Å². The summed E-state index contributed by atoms with van der Waals surface area (Å²) in [5, 5.41) is 8.14. The maximum Gasteiger partial charge on any atom is 0.321 e. The van der Waals surface area contributed by atoms with Gasteiger partial charge in [-0.1, -0.05) is 41.3 Å². The molecule has 2 aromatic rings. The van der Waals surface area contributed by atoms with E-state index in [0.29, 0.717) is 28.3 Å². The quantitative estimate of drug-likeness (QED) is 0.908. The van der Waals surface area contributed by atoms with Gasteiger partial charge in [0.1, 0.15) is 0 Å². The van der Waals surface area contributed by atoms with E-state index < -0.39 is 0 Å². The second-order valence-corrected chi connectivity index (χ2v) is 4.70. The van der Waals surface area contributed by atoms with Crippen molar-refractivity contribution in [3.8, 4) is 0 Å². The Bertz CT molecular complexity index is 528. The van der Waals surface area contributed by atoms with E-state index in [1.54, 1.807) is 12.1 Å². The summed E-state index contributed by atoms with van der Waals surface area (Å²) in [7, 11) is 0. The number of aromatic nitrogens is 2. The van der Waals surface area contributed by atoms with E-state index in [2.05, 4.69) is 22.4 Å². The van der Waals surface area contributed by atoms with Crippen molar-refractivity contribution in [3.05, 3.63) is 39.6 Å². The largest absolute Gasteiger partial charge is 0.338 e. The number of nitrogens with one attached hydrogen (secondary N) is 1. The fourth-order valence-electron chi connectivity index (χ4n) is 1.46. The fraction of sp³-hybridized carbons (Fsp3) is 0.333. The molecule has 1 N–H and O–H groups in total. The Morgan fingerprint density at radius 1 is 1.33 bits per heavy atom. The van der Waals surface area contributed by atoms with Gasteiger partial charge in [-0.25, -0.2) is 0 Å². The van der Waals surface area contributed by atoms with Crippen LogP contribution in [-0.4, -0.2) is 16.7 Å². The van der Waals surface area contributed by atoms with Gasteiger partial charge in [0.05, 0.1) is 0 Å². The highest BCUT2D eigenvalue weighted by Crippen LogP contribution is 2.22. The Balaban J connectivity index is 2.06. The zero-order valence-corrected chi connectivity index (χ0v) is 11.4. The molecule has 96 valence electrons. The Labute approximate surface area is 115 Å². The zero-order chi connectivity index (χ0) is 13.0. The van der Waals surface area contributed by atoms with Gasteiger partial charge in [-0.15, -0.1) is 0 Å². The molecule has 2 rings (SSSR count). The van der Waals surface area contributed by atoms with E-state index in [1.165, 1.54) is 0 Å². The average Bonchev–Trinajstić information content (AvgIpc) is 2.78. The topological polar surface area (TPSA) is 51.0 Å². The minimum atomic E-state index is 0.442. The molecule has 1 heterocycles. The van der Waals surface area contributed by atoms with Crippen molar-refractivity contribution in [2.45, 2.75) is 19.8 Å². The van der Waals surface area contributed by atoms with Crippen LogP contribution in [-0.2, 0) is 6.42 Å². The van der Waals surface area contributed by atoms with E-state index >= 15 is 0 Å². The molecule has 0 saturated heterocycles. The van der Waals surface area contributed by atoms with Crippen molar-refractivity contribution in [2.75, 3.05) is 11.9 Å². The maximum absolute atomic E-state index is 6.08. The van der Waals surface area contributed by atoms with Gasteiger partial charge in [0.15, 0.2) is 5.82 Å². The summed E-state index contributed by atoms with van der Waals surface area (Å²) in [6, 6.07) is 5.80. The van der Waals surface area contributed by atoms with Crippen molar-refractivity contribution in [1.29, 1.82) is 0 Å². The lowest BCUT2D eigenvalue weighted by Crippen LogP contribution is -2.00. The van der Waals surface area contributed by atoms with Gasteiger partial charge in [-0.2, -0.15) is 4.98 Å². The number of anilines is 1. The van der Waals surface area contributed by atoms with Crippen LogP contribution in [0.5, 0.6) is 0 Å². The molecule has 0 amide bonds. The van der Waals surface area contributed by atoms with Crippen LogP contribution in [0.15, 0.2) is 22.7 Å². The molecule has 4 nitrogen and oxygen atoms in total. The molecule has 0 unspecified atom stereocenters. The monoisotopic (exact) mass is 285 g/mol. The van der Waals surface area contributed by atoms with Crippen molar-refractivity contribution < 1.29 is 4.52 Å². The van der Waals surface area contributed by atoms with Crippen LogP contribution >= 0.6 is 23.2 Å². The fourth-order valence-corrected chi connectivity index (χ4v) is 1.94. The van der Waals surface area contributed by atoms with Crippen LogP contribution in [0.2, 0.25) is 10.0 Å². The number of nitrogens with zero attached hydrogens (tertiary/aromatic N) is 2. The summed E-state index contributed by atoms with van der Waals surface area (Å²) in [4.78, 5) is 4.23. The third-order valence-electron chi connectivity index (χ3n) is 2.36. The molecule has 0 aliphatic carbocycles. The van der Waals surface area contributed by atoms with E-state index in [0.717, 1.165) is 18.5 Å². The molecule has 1 aromatic carbocycles. The minimum Gasteiger partial charge on any atom is -0.338 e. The van der Waals surface area contributed by atoms with Crippen LogP contribution < -0.4 is 5.32 Å². The summed E-state index contributed by atoms with van der Waals surface area (Å²) in [6.07, 6.45) is 1.52. The number of hydrogen-bond donors (Lipinski definition) is 1. The Morgan fingerprint density at radius 3 is 2.89 bits per heavy atom. The number of benzene rings is 1. The maximum atomic E-state index is 6.08. The number of hydrogen-bond acceptors (Lipinski definition) is 4. The second-order valence-electron chi connectivity index (χ2n) is 3.86. The lowest BCUT2D eigenvalue weighted by molar-refractivity contribution is 0.423. The highest BCUT2D eigenvalue weighted by molar-refractivity contribution is 6.35. The molecule has 0 fully saturated rings. The number of rotatable bonds is 5. The van der Waals surface area contributed by atoms with Crippen molar-refractivity contribution in [1.82, 2.24) is 10.1 Å². The van der Waals surface area contributed by atoms with E-state index in [1.807, 2.05) is 6.07 Å². The van der Waals surface area contributed by atoms with Crippen molar-refractivity contribution in [2.24, 2.45) is 0 Å². The van der Waals surface area contributed by atoms with Gasteiger partial charge in [0.25, 0.3) is 0 Å². The smallest absolute Gasteiger partial charge is 0.321 e. The molecule has 0 spiro atoms. The first-order valence-electron chi connectivity index (χ1n) is 5.69. The standard InChI is InChI=1S/C12H13Cl2N3O/c1-2-5-15-12-16-11(17-18-12)6-8-3-4-9(13)7-10(8)14/h3-4,7H,2,5-6H2,1H3,(H,15,16,17). The highest BCUT2D eigenvalue weighted by Gasteiger charge is 2.09. The van der Waals surface area contributed by atoms with Gasteiger partial charge in [0, 0.05) is 23.0 Å². The van der Waals surface area contributed by atoms with Crippen LogP contribution in [0.1, 0.15) is 24.7 Å². The normalized spacial score (nSPS) is 10.6. The predicted molar refractivity (Wildman–Crippen MR) is 72.3 cm³/mol. The molecule has 0 aliphatic rings. The lowest BCUT2D eigenvalue weighted by Gasteiger charge is -2.00. The summed E-state index contributed by atoms with van der Waals surface area (Å²) >= 11 is 11.9. The zero-order valence-electron chi connectivity index (χ0n) is 9.91. The Morgan fingerprint density at radius 2 is 2.17 bits per heavy atom. The van der Waals surface area contributed by atoms with Gasteiger partial charge in [0.2, 0.25) is 0 Å². The third kappa shape index (κ3) is 3.37. The van der Waals surface area contributed by atoms with Gasteiger partial charge in [-0.05, 0) is 24.1 Å². The first kappa shape index (κ1) is 13.2. The van der Waals surface area contributed by atoms with Gasteiger partial charge < -0.3 is 9.84 Å². The molecule has 0 aliphatic heterocycles. The molecule has 0 saturated carbocycles. The van der Waals surface area contributed by atoms with Crippen molar-refractivity contribution >= 4 is 29.2 Å². The summed E-state index contributed by atoms with van der Waals surface area (Å²) in [5.74, 6) is 0.595. The van der Waals surface area contributed by atoms with Crippen LogP contribution in [0.25, 0.3) is 0 Å². The predicted octanol–water partition coefficient (Wildman–Crippen LogP) is 3.79. The summed E-state index contributed by atoms with van der Waals surface area (Å²) < 4.78 is 5.06. The minimum absolute atomic E-state index is 0.442. The second kappa shape index (κ2) is 6.07. The third-order valence-corrected chi connectivity index (χ3v) is 2.94. The van der Waals surface area contributed by atoms with E-state index in [9.17, 15) is 0 Å². The molecule has 0 atom stereocenters. The average molecular weight is 286 g/mol. The molecule has 0 bridgehead atoms. The molecule has 18 heavy (non-hydrogen) atoms. The van der Waals surface area contributed by atoms with Crippen molar-refractivity contribution in [3.63, 3.8) is 0 Å². The Kier molecular flexibility index (Phi) is 4.44. The first-order valence-corrected chi connectivity index (χ1v) is 6.45. The molecular weight excluding hydrogens is 273 g/mol. The summed E-state index contributed by atoms with van der Waals surface area (Å²) in [5.41, 5.74) is 0.920. The van der Waals surface area contributed by atoms with Gasteiger partial charge >= 0.3 is 6.01 Å². The number of halogens is 2. The molecule has 6 heteroatoms. The molecular formula is C12H13Cl2N3O. The molecule has 1 aromatic heterocycles. The Hall–Kier alpha value is -1.26. The SMILES string of the molecule is CCCNc1nc(Cc2ccc(Cl)cc2Cl)no1. The van der Waals surface area contributed by atoms with Gasteiger partial charge in [-0.3, -0.25) is 0 Å². The van der Waals surface area contributed by atoms with Crippen LogP contribution in [0.3, 0.4) is 0 Å². The van der Waals surface area contributed by atoms with E-state index in [-0.39, 0.29) is 0 Å². The highest BCUT2D eigenvalue weighted by atomic mass is 35.5. The van der Waals surface area contributed by atoms with E-state index in [4.69, 9.17) is 27.7 Å². The first-order chi connectivity index (χ1) is 8.69. The summed E-state index contributed by atoms with van der Waals surface area (Å²) in [6.45, 7) is 2.88.